The number of aromatic nitrogens is 1. The number of sulfonamides is 1. The molecule has 0 atom stereocenters. The van der Waals surface area contributed by atoms with Crippen LogP contribution in [-0.4, -0.2) is 39.9 Å². The largest absolute Gasteiger partial charge is 0.378 e. The highest BCUT2D eigenvalue weighted by molar-refractivity contribution is 7.92. The molecule has 0 radical (unpaired) electrons. The minimum Gasteiger partial charge on any atom is -0.378 e. The van der Waals surface area contributed by atoms with Gasteiger partial charge >= 0.3 is 0 Å². The molecule has 3 rings (SSSR count). The third-order valence-electron chi connectivity index (χ3n) is 3.73. The predicted molar refractivity (Wildman–Crippen MR) is 86.3 cm³/mol. The van der Waals surface area contributed by atoms with E-state index in [-0.39, 0.29) is 10.7 Å². The fourth-order valence-corrected chi connectivity index (χ4v) is 4.02. The van der Waals surface area contributed by atoms with Crippen molar-refractivity contribution in [2.24, 2.45) is 0 Å². The summed E-state index contributed by atoms with van der Waals surface area (Å²) in [6.45, 7) is 6.28. The number of benzene rings is 1. The van der Waals surface area contributed by atoms with E-state index in [1.807, 2.05) is 12.1 Å². The van der Waals surface area contributed by atoms with Gasteiger partial charge in [0.15, 0.2) is 10.7 Å². The monoisotopic (exact) mass is 337 g/mol. The normalized spacial score (nSPS) is 15.7. The number of nitrogens with zero attached hydrogens (tertiary/aromatic N) is 2. The molecular weight excluding hydrogens is 318 g/mol. The molecule has 1 saturated heterocycles. The van der Waals surface area contributed by atoms with Gasteiger partial charge in [-0.15, -0.1) is 0 Å². The molecule has 124 valence electrons. The zero-order chi connectivity index (χ0) is 16.4. The van der Waals surface area contributed by atoms with Crippen molar-refractivity contribution < 1.29 is 17.7 Å². The topological polar surface area (TPSA) is 84.7 Å². The molecule has 1 N–H and O–H groups in total. The molecule has 0 saturated carbocycles. The van der Waals surface area contributed by atoms with Crippen molar-refractivity contribution in [2.75, 3.05) is 35.9 Å². The van der Waals surface area contributed by atoms with Gasteiger partial charge in [0.1, 0.15) is 5.69 Å². The van der Waals surface area contributed by atoms with Crippen LogP contribution in [0.15, 0.2) is 33.7 Å². The summed E-state index contributed by atoms with van der Waals surface area (Å²) >= 11 is 0. The lowest BCUT2D eigenvalue weighted by atomic mass is 10.2. The summed E-state index contributed by atoms with van der Waals surface area (Å²) in [5.74, 6) is 0.278. The van der Waals surface area contributed by atoms with Crippen molar-refractivity contribution >= 4 is 21.4 Å². The van der Waals surface area contributed by atoms with E-state index in [1.54, 1.807) is 26.0 Å². The first-order valence-electron chi connectivity index (χ1n) is 7.36. The Morgan fingerprint density at radius 1 is 1.13 bits per heavy atom. The summed E-state index contributed by atoms with van der Waals surface area (Å²) in [4.78, 5) is 2.30. The maximum atomic E-state index is 12.5. The van der Waals surface area contributed by atoms with Gasteiger partial charge in [-0.3, -0.25) is 4.72 Å². The van der Waals surface area contributed by atoms with Crippen LogP contribution in [0.2, 0.25) is 0 Å². The second-order valence-electron chi connectivity index (χ2n) is 5.41. The van der Waals surface area contributed by atoms with E-state index in [0.29, 0.717) is 24.6 Å². The second kappa shape index (κ2) is 6.21. The quantitative estimate of drug-likeness (QED) is 0.918. The molecule has 0 bridgehead atoms. The van der Waals surface area contributed by atoms with Crippen molar-refractivity contribution in [1.82, 2.24) is 5.16 Å². The molecule has 0 aliphatic carbocycles. The number of ether oxygens (including phenoxy) is 1. The van der Waals surface area contributed by atoms with E-state index >= 15 is 0 Å². The van der Waals surface area contributed by atoms with Gasteiger partial charge < -0.3 is 14.2 Å². The molecule has 1 fully saturated rings. The van der Waals surface area contributed by atoms with Crippen LogP contribution in [0.1, 0.15) is 11.5 Å². The van der Waals surface area contributed by atoms with Gasteiger partial charge in [0.05, 0.1) is 13.2 Å². The predicted octanol–water partition coefficient (Wildman–Crippen LogP) is 1.93. The van der Waals surface area contributed by atoms with Crippen LogP contribution in [0.3, 0.4) is 0 Å². The third-order valence-corrected chi connectivity index (χ3v) is 5.36. The highest BCUT2D eigenvalue weighted by Crippen LogP contribution is 2.24. The van der Waals surface area contributed by atoms with Crippen LogP contribution in [0.5, 0.6) is 0 Å². The highest BCUT2D eigenvalue weighted by Gasteiger charge is 2.24. The molecule has 0 unspecified atom stereocenters. The van der Waals surface area contributed by atoms with Crippen molar-refractivity contribution in [3.05, 3.63) is 35.7 Å². The Kier molecular flexibility index (Phi) is 4.27. The number of rotatable bonds is 4. The number of nitrogens with one attached hydrogen (secondary N) is 1. The van der Waals surface area contributed by atoms with E-state index in [9.17, 15) is 8.42 Å². The first-order valence-corrected chi connectivity index (χ1v) is 8.84. The molecule has 1 aromatic heterocycles. The zero-order valence-corrected chi connectivity index (χ0v) is 13.9. The lowest BCUT2D eigenvalue weighted by Crippen LogP contribution is -2.36. The van der Waals surface area contributed by atoms with Crippen molar-refractivity contribution in [2.45, 2.75) is 18.7 Å². The van der Waals surface area contributed by atoms with Crippen LogP contribution >= 0.6 is 0 Å². The summed E-state index contributed by atoms with van der Waals surface area (Å²) in [5.41, 5.74) is 1.90. The van der Waals surface area contributed by atoms with Crippen molar-refractivity contribution in [3.63, 3.8) is 0 Å². The van der Waals surface area contributed by atoms with E-state index in [2.05, 4.69) is 14.8 Å². The lowest BCUT2D eigenvalue weighted by molar-refractivity contribution is 0.122. The van der Waals surface area contributed by atoms with E-state index in [0.717, 1.165) is 18.8 Å². The number of hydrogen-bond acceptors (Lipinski definition) is 6. The van der Waals surface area contributed by atoms with Gasteiger partial charge in [0.2, 0.25) is 0 Å². The number of anilines is 2. The Balaban J connectivity index is 1.78. The zero-order valence-electron chi connectivity index (χ0n) is 13.1. The molecular formula is C15H19N3O4S. The molecule has 1 aliphatic heterocycles. The van der Waals surface area contributed by atoms with Crippen molar-refractivity contribution in [3.8, 4) is 0 Å². The highest BCUT2D eigenvalue weighted by atomic mass is 32.2. The van der Waals surface area contributed by atoms with E-state index in [1.165, 1.54) is 0 Å². The third kappa shape index (κ3) is 3.32. The Morgan fingerprint density at radius 3 is 2.35 bits per heavy atom. The Bertz CT molecular complexity index is 758. The van der Waals surface area contributed by atoms with Gasteiger partial charge in [-0.2, -0.15) is 0 Å². The molecule has 2 aromatic rings. The van der Waals surface area contributed by atoms with Gasteiger partial charge in [-0.25, -0.2) is 8.42 Å². The van der Waals surface area contributed by atoms with Gasteiger partial charge in [0.25, 0.3) is 10.0 Å². The van der Waals surface area contributed by atoms with Crippen molar-refractivity contribution in [1.29, 1.82) is 0 Å². The lowest BCUT2D eigenvalue weighted by Gasteiger charge is -2.28. The van der Waals surface area contributed by atoms with E-state index in [4.69, 9.17) is 9.26 Å². The summed E-state index contributed by atoms with van der Waals surface area (Å²) < 4.78 is 37.7. The molecule has 1 aliphatic rings. The molecule has 23 heavy (non-hydrogen) atoms. The standard InChI is InChI=1S/C15H19N3O4S/c1-11-15(12(2)22-16-11)23(19,20)17-13-3-5-14(6-4-13)18-7-9-21-10-8-18/h3-6,17H,7-10H2,1-2H3. The Hall–Kier alpha value is -2.06. The summed E-state index contributed by atoms with van der Waals surface area (Å²) in [6.07, 6.45) is 0. The van der Waals surface area contributed by atoms with Crippen LogP contribution in [0.25, 0.3) is 0 Å². The van der Waals surface area contributed by atoms with E-state index < -0.39 is 10.0 Å². The maximum absolute atomic E-state index is 12.5. The molecule has 7 nitrogen and oxygen atoms in total. The smallest absolute Gasteiger partial charge is 0.267 e. The average Bonchev–Trinajstić information content (AvgIpc) is 2.88. The fourth-order valence-electron chi connectivity index (χ4n) is 2.63. The van der Waals surface area contributed by atoms with Crippen LogP contribution in [0, 0.1) is 13.8 Å². The average molecular weight is 337 g/mol. The summed E-state index contributed by atoms with van der Waals surface area (Å²) in [7, 11) is -3.71. The first-order chi connectivity index (χ1) is 11.0. The number of hydrogen-bond donors (Lipinski definition) is 1. The minimum atomic E-state index is -3.71. The van der Waals surface area contributed by atoms with Crippen LogP contribution < -0.4 is 9.62 Å². The van der Waals surface area contributed by atoms with Gasteiger partial charge in [-0.05, 0) is 38.1 Å². The van der Waals surface area contributed by atoms with Gasteiger partial charge in [-0.1, -0.05) is 5.16 Å². The van der Waals surface area contributed by atoms with Crippen LogP contribution in [0.4, 0.5) is 11.4 Å². The van der Waals surface area contributed by atoms with Crippen LogP contribution in [-0.2, 0) is 14.8 Å². The van der Waals surface area contributed by atoms with Gasteiger partial charge in [0, 0.05) is 24.5 Å². The molecule has 1 aromatic carbocycles. The molecule has 0 spiro atoms. The molecule has 8 heteroatoms. The minimum absolute atomic E-state index is 0.0924. The number of morpholine rings is 1. The molecule has 2 heterocycles. The molecule has 0 amide bonds. The SMILES string of the molecule is Cc1noc(C)c1S(=O)(=O)Nc1ccc(N2CCOCC2)cc1. The summed E-state index contributed by atoms with van der Waals surface area (Å²) in [6, 6.07) is 7.30. The maximum Gasteiger partial charge on any atom is 0.267 e. The number of aryl methyl sites for hydroxylation is 2. The Morgan fingerprint density at radius 2 is 1.78 bits per heavy atom. The Labute approximate surface area is 135 Å². The fraction of sp³-hybridized carbons (Fsp3) is 0.400. The first kappa shape index (κ1) is 15.8. The second-order valence-corrected chi connectivity index (χ2v) is 7.02. The summed E-state index contributed by atoms with van der Waals surface area (Å²) in [5, 5.41) is 3.69.